The number of nitrogens with zero attached hydrogens (tertiary/aromatic N) is 5. The Morgan fingerprint density at radius 1 is 1.24 bits per heavy atom. The second-order valence-corrected chi connectivity index (χ2v) is 12.0. The minimum Gasteiger partial charge on any atom is -0.480 e. The van der Waals surface area contributed by atoms with Crippen molar-refractivity contribution in [1.82, 2.24) is 15.0 Å². The summed E-state index contributed by atoms with van der Waals surface area (Å²) in [5, 5.41) is 2.01. The van der Waals surface area contributed by atoms with Crippen molar-refractivity contribution >= 4 is 27.3 Å². The molecule has 2 aromatic heterocycles. The van der Waals surface area contributed by atoms with Crippen LogP contribution in [0.5, 0.6) is 5.88 Å². The highest BCUT2D eigenvalue weighted by atomic mass is 32.2. The number of fused-ring (bicyclic) bond motifs is 1. The highest BCUT2D eigenvalue weighted by Gasteiger charge is 2.56. The molecule has 0 fully saturated rings. The lowest BCUT2D eigenvalue weighted by Crippen LogP contribution is -2.59. The van der Waals surface area contributed by atoms with Gasteiger partial charge in [0.25, 0.3) is 5.91 Å². The third kappa shape index (κ3) is 3.79. The Labute approximate surface area is 197 Å². The smallest absolute Gasteiger partial charge is 0.277 e. The normalized spacial score (nSPS) is 28.0. The Kier molecular flexibility index (Phi) is 6.05. The Morgan fingerprint density at radius 3 is 2.68 bits per heavy atom. The third-order valence-corrected chi connectivity index (χ3v) is 10.2. The predicted octanol–water partition coefficient (Wildman–Crippen LogP) is 2.66. The molecule has 34 heavy (non-hydrogen) atoms. The summed E-state index contributed by atoms with van der Waals surface area (Å²) in [5.74, 6) is -0.708. The average Bonchev–Trinajstić information content (AvgIpc) is 3.02. The monoisotopic (exact) mass is 489 g/mol. The molecule has 2 aromatic rings. The summed E-state index contributed by atoms with van der Waals surface area (Å²) in [6, 6.07) is 2.54. The maximum atomic E-state index is 15.2. The molecule has 0 saturated carbocycles. The van der Waals surface area contributed by atoms with Crippen molar-refractivity contribution in [2.24, 2.45) is 15.1 Å². The number of amides is 1. The highest BCUT2D eigenvalue weighted by molar-refractivity contribution is 7.96. The summed E-state index contributed by atoms with van der Waals surface area (Å²) >= 11 is 0. The van der Waals surface area contributed by atoms with Crippen LogP contribution >= 0.6 is 0 Å². The molecular weight excluding hydrogens is 461 g/mol. The van der Waals surface area contributed by atoms with Crippen LogP contribution in [0.25, 0.3) is 0 Å². The number of nitrogens with two attached hydrogens (primary N) is 1. The molecule has 12 heteroatoms. The Balaban J connectivity index is 1.76. The van der Waals surface area contributed by atoms with E-state index < -0.39 is 37.0 Å². The van der Waals surface area contributed by atoms with Crippen molar-refractivity contribution in [3.63, 3.8) is 0 Å². The van der Waals surface area contributed by atoms with Crippen molar-refractivity contribution in [1.29, 1.82) is 0 Å². The fourth-order valence-corrected chi connectivity index (χ4v) is 7.63. The molecule has 1 amide bonds. The van der Waals surface area contributed by atoms with E-state index in [1.165, 1.54) is 31.6 Å². The summed E-state index contributed by atoms with van der Waals surface area (Å²) in [7, 11) is -1.47. The molecule has 0 unspecified atom stereocenters. The van der Waals surface area contributed by atoms with E-state index in [9.17, 15) is 9.00 Å². The first-order chi connectivity index (χ1) is 16.0. The number of anilines is 1. The van der Waals surface area contributed by atoms with Gasteiger partial charge in [0.1, 0.15) is 39.1 Å². The number of pyridine rings is 1. The van der Waals surface area contributed by atoms with E-state index in [-0.39, 0.29) is 28.9 Å². The topological polar surface area (TPSA) is 145 Å². The molecule has 4 heterocycles. The molecule has 2 aliphatic rings. The number of nitrogens with one attached hydrogen (secondary N) is 1. The molecule has 0 aliphatic carbocycles. The number of carbonyl (C=O) groups excluding carboxylic acids is 1. The van der Waals surface area contributed by atoms with Gasteiger partial charge in [0.15, 0.2) is 0 Å². The number of methoxy groups -OCH3 is 1. The Morgan fingerprint density at radius 2 is 2.00 bits per heavy atom. The SMILES string of the molecule is COc1cnc(C(=O)Nc2ccc(F)c([C@@]3(C)N=C(N)C(C)(C)[S@@]4(=O)=NCCCC[C@H]34)n2)cn1. The Bertz CT molecular complexity index is 1270. The summed E-state index contributed by atoms with van der Waals surface area (Å²) in [6.07, 6.45) is 4.68. The molecule has 0 saturated heterocycles. The van der Waals surface area contributed by atoms with Crippen molar-refractivity contribution in [3.05, 3.63) is 41.7 Å². The number of aromatic nitrogens is 3. The fourth-order valence-electron chi connectivity index (χ4n) is 4.40. The minimum atomic E-state index is -2.91. The number of amidine groups is 1. The van der Waals surface area contributed by atoms with Crippen molar-refractivity contribution in [2.45, 2.75) is 55.6 Å². The Hall–Kier alpha value is -3.15. The van der Waals surface area contributed by atoms with Crippen LogP contribution in [0.3, 0.4) is 0 Å². The van der Waals surface area contributed by atoms with E-state index in [0.717, 1.165) is 12.8 Å². The van der Waals surface area contributed by atoms with Crippen molar-refractivity contribution < 1.29 is 18.1 Å². The minimum absolute atomic E-state index is 0.0342. The van der Waals surface area contributed by atoms with E-state index in [2.05, 4.69) is 29.6 Å². The number of hydrogen-bond donors (Lipinski definition) is 2. The van der Waals surface area contributed by atoms with Crippen molar-refractivity contribution in [3.8, 4) is 5.88 Å². The maximum Gasteiger partial charge on any atom is 0.277 e. The zero-order valence-corrected chi connectivity index (χ0v) is 20.4. The number of ether oxygens (including phenoxy) is 1. The number of carbonyl (C=O) groups is 1. The van der Waals surface area contributed by atoms with Gasteiger partial charge in [-0.25, -0.2) is 27.9 Å². The van der Waals surface area contributed by atoms with Gasteiger partial charge >= 0.3 is 0 Å². The first-order valence-corrected chi connectivity index (χ1v) is 12.5. The fraction of sp³-hybridized carbons (Fsp3) is 0.500. The molecule has 3 N–H and O–H groups in total. The highest BCUT2D eigenvalue weighted by Crippen LogP contribution is 2.46. The van der Waals surface area contributed by atoms with Gasteiger partial charge in [0.05, 0.1) is 34.5 Å². The first kappa shape index (κ1) is 24.0. The summed E-state index contributed by atoms with van der Waals surface area (Å²) < 4.78 is 38.1. The van der Waals surface area contributed by atoms with E-state index in [1.807, 2.05) is 0 Å². The van der Waals surface area contributed by atoms with E-state index in [1.54, 1.807) is 20.8 Å². The van der Waals surface area contributed by atoms with Crippen LogP contribution in [0, 0.1) is 5.82 Å². The van der Waals surface area contributed by atoms with Gasteiger partial charge in [-0.1, -0.05) is 6.42 Å². The summed E-state index contributed by atoms with van der Waals surface area (Å²) in [4.78, 5) is 29.7. The lowest BCUT2D eigenvalue weighted by Gasteiger charge is -2.45. The van der Waals surface area contributed by atoms with Gasteiger partial charge in [0, 0.05) is 6.54 Å². The van der Waals surface area contributed by atoms with Crippen LogP contribution in [-0.2, 0) is 15.3 Å². The van der Waals surface area contributed by atoms with Gasteiger partial charge in [-0.05, 0) is 45.7 Å². The number of halogens is 1. The van der Waals surface area contributed by atoms with E-state index >= 15 is 4.39 Å². The average molecular weight is 490 g/mol. The van der Waals surface area contributed by atoms with Gasteiger partial charge in [-0.2, -0.15) is 0 Å². The molecule has 0 bridgehead atoms. The van der Waals surface area contributed by atoms with Gasteiger partial charge in [0.2, 0.25) is 5.88 Å². The largest absolute Gasteiger partial charge is 0.480 e. The third-order valence-electron chi connectivity index (χ3n) is 6.51. The predicted molar refractivity (Wildman–Crippen MR) is 127 cm³/mol. The van der Waals surface area contributed by atoms with Crippen LogP contribution in [0.2, 0.25) is 0 Å². The summed E-state index contributed by atoms with van der Waals surface area (Å²) in [6.45, 7) is 5.68. The molecule has 0 aromatic carbocycles. The van der Waals surface area contributed by atoms with Crippen LogP contribution < -0.4 is 15.8 Å². The second-order valence-electron chi connectivity index (χ2n) is 8.99. The molecule has 182 valence electrons. The lowest BCUT2D eigenvalue weighted by atomic mass is 9.88. The van der Waals surface area contributed by atoms with Crippen molar-refractivity contribution in [2.75, 3.05) is 19.0 Å². The molecule has 4 rings (SSSR count). The van der Waals surface area contributed by atoms with E-state index in [0.29, 0.717) is 13.0 Å². The standard InChI is InChI=1S/C22H28FN7O3S/c1-21(2)20(24)30-22(3,15-7-5-6-10-27-34(15,21)32)18-13(23)8-9-16(28-18)29-19(31)14-11-26-17(33-4)12-25-14/h8-9,11-12,15H,5-7,10H2,1-4H3,(H2,24,30)(H,28,29,31)/t15-,22+,34-/m1/s1. The zero-order chi connectivity index (χ0) is 24.7. The lowest BCUT2D eigenvalue weighted by molar-refractivity contribution is 0.102. The van der Waals surface area contributed by atoms with Crippen LogP contribution in [-0.4, -0.2) is 54.6 Å². The number of hydrogen-bond acceptors (Lipinski definition) is 9. The molecular formula is C22H28FN7O3S. The van der Waals surface area contributed by atoms with Gasteiger partial charge < -0.3 is 15.8 Å². The molecule has 0 radical (unpaired) electrons. The molecule has 0 spiro atoms. The number of aliphatic imine (C=N–C) groups is 1. The quantitative estimate of drug-likeness (QED) is 0.671. The summed E-state index contributed by atoms with van der Waals surface area (Å²) in [5.41, 5.74) is 4.97. The maximum absolute atomic E-state index is 15.2. The zero-order valence-electron chi connectivity index (χ0n) is 19.5. The molecule has 2 aliphatic heterocycles. The van der Waals surface area contributed by atoms with Crippen LogP contribution in [0.15, 0.2) is 33.9 Å². The number of rotatable bonds is 4. The van der Waals surface area contributed by atoms with E-state index in [4.69, 9.17) is 10.5 Å². The van der Waals surface area contributed by atoms with Gasteiger partial charge in [-0.3, -0.25) is 9.79 Å². The molecule has 10 nitrogen and oxygen atoms in total. The van der Waals surface area contributed by atoms with Crippen LogP contribution in [0.4, 0.5) is 10.2 Å². The molecule has 3 atom stereocenters. The van der Waals surface area contributed by atoms with Gasteiger partial charge in [-0.15, -0.1) is 0 Å². The van der Waals surface area contributed by atoms with Crippen LogP contribution in [0.1, 0.15) is 56.2 Å². The second kappa shape index (κ2) is 8.57. The first-order valence-electron chi connectivity index (χ1n) is 10.9.